The second kappa shape index (κ2) is 4.35. The molecule has 0 radical (unpaired) electrons. The summed E-state index contributed by atoms with van der Waals surface area (Å²) in [4.78, 5) is 10.5. The van der Waals surface area contributed by atoms with Crippen molar-refractivity contribution in [2.45, 2.75) is 23.6 Å². The first-order valence-corrected chi connectivity index (χ1v) is 5.95. The molecule has 0 N–H and O–H groups in total. The number of methoxy groups -OCH3 is 1. The summed E-state index contributed by atoms with van der Waals surface area (Å²) in [5.41, 5.74) is 2.24. The van der Waals surface area contributed by atoms with Crippen LogP contribution >= 0.6 is 15.9 Å². The summed E-state index contributed by atoms with van der Waals surface area (Å²) in [6, 6.07) is 5.95. The lowest BCUT2D eigenvalue weighted by Crippen LogP contribution is -1.95. The lowest BCUT2D eigenvalue weighted by molar-refractivity contribution is -0.107. The van der Waals surface area contributed by atoms with Crippen LogP contribution in [0.15, 0.2) is 18.2 Å². The van der Waals surface area contributed by atoms with Crippen LogP contribution in [0.25, 0.3) is 0 Å². The van der Waals surface area contributed by atoms with E-state index in [-0.39, 0.29) is 4.83 Å². The molecule has 2 nitrogen and oxygen atoms in total. The molecule has 3 heteroatoms. The van der Waals surface area contributed by atoms with E-state index < -0.39 is 0 Å². The Kier molecular flexibility index (Phi) is 3.10. The minimum Gasteiger partial charge on any atom is -0.496 e. The van der Waals surface area contributed by atoms with Gasteiger partial charge in [-0.15, -0.1) is 0 Å². The zero-order valence-corrected chi connectivity index (χ0v) is 10.2. The SMILES string of the molecule is COc1ccc([C@H](Br)C=O)cc1C1CC1. The molecule has 0 heterocycles. The molecule has 1 aromatic carbocycles. The smallest absolute Gasteiger partial charge is 0.138 e. The Morgan fingerprint density at radius 3 is 2.80 bits per heavy atom. The normalized spacial score (nSPS) is 17.2. The molecule has 0 amide bonds. The van der Waals surface area contributed by atoms with Crippen LogP contribution in [0.4, 0.5) is 0 Å². The van der Waals surface area contributed by atoms with Gasteiger partial charge in [-0.2, -0.15) is 0 Å². The van der Waals surface area contributed by atoms with Crippen LogP contribution in [0, 0.1) is 0 Å². The summed E-state index contributed by atoms with van der Waals surface area (Å²) < 4.78 is 5.31. The lowest BCUT2D eigenvalue weighted by Gasteiger charge is -2.10. The molecule has 80 valence electrons. The molecule has 0 bridgehead atoms. The number of carbonyl (C=O) groups excluding carboxylic acids is 1. The van der Waals surface area contributed by atoms with E-state index in [1.165, 1.54) is 18.4 Å². The van der Waals surface area contributed by atoms with Gasteiger partial charge in [0.25, 0.3) is 0 Å². The molecule has 2 rings (SSSR count). The maximum absolute atomic E-state index is 10.7. The summed E-state index contributed by atoms with van der Waals surface area (Å²) in [7, 11) is 1.69. The van der Waals surface area contributed by atoms with E-state index in [1.807, 2.05) is 12.1 Å². The van der Waals surface area contributed by atoms with Crippen molar-refractivity contribution < 1.29 is 9.53 Å². The van der Waals surface area contributed by atoms with E-state index >= 15 is 0 Å². The number of hydrogen-bond donors (Lipinski definition) is 0. The summed E-state index contributed by atoms with van der Waals surface area (Å²) >= 11 is 3.33. The molecular formula is C12H13BrO2. The Balaban J connectivity index is 2.35. The fourth-order valence-electron chi connectivity index (χ4n) is 1.72. The van der Waals surface area contributed by atoms with Crippen LogP contribution in [0.3, 0.4) is 0 Å². The number of benzene rings is 1. The van der Waals surface area contributed by atoms with Crippen LogP contribution in [0.5, 0.6) is 5.75 Å². The predicted octanol–water partition coefficient (Wildman–Crippen LogP) is 3.21. The van der Waals surface area contributed by atoms with Crippen LogP contribution in [-0.2, 0) is 4.79 Å². The first kappa shape index (κ1) is 10.7. The molecule has 0 unspecified atom stereocenters. The highest BCUT2D eigenvalue weighted by Crippen LogP contribution is 2.45. The van der Waals surface area contributed by atoms with Gasteiger partial charge in [0.05, 0.1) is 11.9 Å². The van der Waals surface area contributed by atoms with Crippen molar-refractivity contribution in [3.8, 4) is 5.75 Å². The Morgan fingerprint density at radius 2 is 2.27 bits per heavy atom. The van der Waals surface area contributed by atoms with E-state index in [1.54, 1.807) is 7.11 Å². The molecule has 0 spiro atoms. The number of hydrogen-bond acceptors (Lipinski definition) is 2. The van der Waals surface area contributed by atoms with Crippen LogP contribution in [0.1, 0.15) is 34.7 Å². The molecule has 15 heavy (non-hydrogen) atoms. The summed E-state index contributed by atoms with van der Waals surface area (Å²) in [6.45, 7) is 0. The standard InChI is InChI=1S/C12H13BrO2/c1-15-12-5-4-9(11(13)7-14)6-10(12)8-2-3-8/h4-8,11H,2-3H2,1H3/t11-/m1/s1. The van der Waals surface area contributed by atoms with E-state index in [2.05, 4.69) is 22.0 Å². The fourth-order valence-corrected chi connectivity index (χ4v) is 2.00. The minimum atomic E-state index is -0.207. The van der Waals surface area contributed by atoms with Gasteiger partial charge in [-0.05, 0) is 36.0 Å². The molecule has 0 aliphatic heterocycles. The molecular weight excluding hydrogens is 256 g/mol. The Morgan fingerprint density at radius 1 is 1.53 bits per heavy atom. The Hall–Kier alpha value is -0.830. The zero-order valence-electron chi connectivity index (χ0n) is 8.57. The number of ether oxygens (including phenoxy) is 1. The van der Waals surface area contributed by atoms with E-state index in [0.29, 0.717) is 5.92 Å². The average molecular weight is 269 g/mol. The van der Waals surface area contributed by atoms with Gasteiger partial charge in [0.15, 0.2) is 0 Å². The highest BCUT2D eigenvalue weighted by molar-refractivity contribution is 9.09. The van der Waals surface area contributed by atoms with Crippen LogP contribution in [-0.4, -0.2) is 13.4 Å². The summed E-state index contributed by atoms with van der Waals surface area (Å²) in [5.74, 6) is 1.57. The van der Waals surface area contributed by atoms with E-state index in [9.17, 15) is 4.79 Å². The molecule has 1 aliphatic rings. The van der Waals surface area contributed by atoms with Crippen LogP contribution in [0.2, 0.25) is 0 Å². The topological polar surface area (TPSA) is 26.3 Å². The number of alkyl halides is 1. The van der Waals surface area contributed by atoms with E-state index in [0.717, 1.165) is 17.6 Å². The number of carbonyl (C=O) groups is 1. The minimum absolute atomic E-state index is 0.207. The molecule has 0 aromatic heterocycles. The van der Waals surface area contributed by atoms with Crippen molar-refractivity contribution in [3.05, 3.63) is 29.3 Å². The highest BCUT2D eigenvalue weighted by atomic mass is 79.9. The summed E-state index contributed by atoms with van der Waals surface area (Å²) in [6.07, 6.45) is 3.36. The van der Waals surface area contributed by atoms with Crippen molar-refractivity contribution in [2.24, 2.45) is 0 Å². The first-order valence-electron chi connectivity index (χ1n) is 5.03. The maximum Gasteiger partial charge on any atom is 0.138 e. The average Bonchev–Trinajstić information content (AvgIpc) is 3.11. The molecule has 1 aromatic rings. The lowest BCUT2D eigenvalue weighted by atomic mass is 10.0. The highest BCUT2D eigenvalue weighted by Gasteiger charge is 2.27. The van der Waals surface area contributed by atoms with Gasteiger partial charge in [0, 0.05) is 0 Å². The van der Waals surface area contributed by atoms with Crippen LogP contribution < -0.4 is 4.74 Å². The maximum atomic E-state index is 10.7. The van der Waals surface area contributed by atoms with Crippen molar-refractivity contribution in [2.75, 3.05) is 7.11 Å². The van der Waals surface area contributed by atoms with Gasteiger partial charge in [-0.3, -0.25) is 0 Å². The second-order valence-electron chi connectivity index (χ2n) is 3.81. The van der Waals surface area contributed by atoms with Gasteiger partial charge in [-0.1, -0.05) is 28.1 Å². The number of halogens is 1. The predicted molar refractivity (Wildman–Crippen MR) is 62.7 cm³/mol. The van der Waals surface area contributed by atoms with Crippen molar-refractivity contribution in [1.82, 2.24) is 0 Å². The number of rotatable bonds is 4. The first-order chi connectivity index (χ1) is 7.26. The largest absolute Gasteiger partial charge is 0.496 e. The van der Waals surface area contributed by atoms with Gasteiger partial charge < -0.3 is 9.53 Å². The van der Waals surface area contributed by atoms with Gasteiger partial charge in [0.1, 0.15) is 12.0 Å². The van der Waals surface area contributed by atoms with Gasteiger partial charge in [0.2, 0.25) is 0 Å². The van der Waals surface area contributed by atoms with E-state index in [4.69, 9.17) is 4.74 Å². The molecule has 1 fully saturated rings. The zero-order chi connectivity index (χ0) is 10.8. The van der Waals surface area contributed by atoms with Crippen molar-refractivity contribution in [1.29, 1.82) is 0 Å². The summed E-state index contributed by atoms with van der Waals surface area (Å²) in [5, 5.41) is 0. The molecule has 0 saturated heterocycles. The van der Waals surface area contributed by atoms with Crippen molar-refractivity contribution in [3.63, 3.8) is 0 Å². The quantitative estimate of drug-likeness (QED) is 0.619. The van der Waals surface area contributed by atoms with Crippen molar-refractivity contribution >= 4 is 22.2 Å². The second-order valence-corrected chi connectivity index (χ2v) is 4.80. The third kappa shape index (κ3) is 2.23. The Bertz CT molecular complexity index is 372. The third-order valence-electron chi connectivity index (χ3n) is 2.71. The molecule has 1 atom stereocenters. The van der Waals surface area contributed by atoms with Gasteiger partial charge in [-0.25, -0.2) is 0 Å². The number of aldehydes is 1. The Labute approximate surface area is 97.8 Å². The molecule has 1 saturated carbocycles. The van der Waals surface area contributed by atoms with Gasteiger partial charge >= 0.3 is 0 Å². The fraction of sp³-hybridized carbons (Fsp3) is 0.417. The molecule has 1 aliphatic carbocycles. The third-order valence-corrected chi connectivity index (χ3v) is 3.45. The monoisotopic (exact) mass is 268 g/mol.